The highest BCUT2D eigenvalue weighted by molar-refractivity contribution is 7.99. The number of anilines is 1. The first-order valence-electron chi connectivity index (χ1n) is 10.0. The summed E-state index contributed by atoms with van der Waals surface area (Å²) in [5, 5.41) is 11.3. The Morgan fingerprint density at radius 3 is 2.47 bits per heavy atom. The summed E-state index contributed by atoms with van der Waals surface area (Å²) in [7, 11) is -1.71. The Labute approximate surface area is 189 Å². The molecule has 1 fully saturated rings. The molecule has 0 radical (unpaired) electrons. The Balaban J connectivity index is 1.42. The molecule has 3 aromatic rings. The SMILES string of the molecule is Cn1c(SCC(=O)Nc2ccccc2F)nnc1-c1ccc(S(=O)(=O)N2CCCC2)cc1. The number of aromatic nitrogens is 3. The van der Waals surface area contributed by atoms with Crippen LogP contribution in [0.5, 0.6) is 0 Å². The van der Waals surface area contributed by atoms with Crippen molar-refractivity contribution in [1.82, 2.24) is 19.1 Å². The van der Waals surface area contributed by atoms with E-state index in [-0.39, 0.29) is 22.2 Å². The van der Waals surface area contributed by atoms with E-state index in [1.807, 2.05) is 0 Å². The number of nitrogens with zero attached hydrogens (tertiary/aromatic N) is 4. The number of carbonyl (C=O) groups is 1. The largest absolute Gasteiger partial charge is 0.323 e. The van der Waals surface area contributed by atoms with Crippen LogP contribution in [0.1, 0.15) is 12.8 Å². The van der Waals surface area contributed by atoms with Gasteiger partial charge >= 0.3 is 0 Å². The van der Waals surface area contributed by atoms with Crippen molar-refractivity contribution in [2.24, 2.45) is 7.05 Å². The van der Waals surface area contributed by atoms with Crippen LogP contribution < -0.4 is 5.32 Å². The van der Waals surface area contributed by atoms with Gasteiger partial charge in [-0.15, -0.1) is 10.2 Å². The van der Waals surface area contributed by atoms with E-state index in [0.29, 0.717) is 29.6 Å². The van der Waals surface area contributed by atoms with E-state index in [2.05, 4.69) is 15.5 Å². The Hall–Kier alpha value is -2.76. The van der Waals surface area contributed by atoms with E-state index in [1.165, 1.54) is 28.2 Å². The molecule has 1 aliphatic rings. The van der Waals surface area contributed by atoms with E-state index in [9.17, 15) is 17.6 Å². The second kappa shape index (κ2) is 9.39. The maximum atomic E-state index is 13.7. The van der Waals surface area contributed by atoms with E-state index >= 15 is 0 Å². The Bertz CT molecular complexity index is 1220. The molecule has 4 rings (SSSR count). The minimum Gasteiger partial charge on any atom is -0.323 e. The lowest BCUT2D eigenvalue weighted by Gasteiger charge is -2.15. The molecule has 1 saturated heterocycles. The number of hydrogen-bond acceptors (Lipinski definition) is 6. The van der Waals surface area contributed by atoms with Gasteiger partial charge in [0.25, 0.3) is 0 Å². The summed E-state index contributed by atoms with van der Waals surface area (Å²) in [5.74, 6) is -0.275. The predicted octanol–water partition coefficient (Wildman–Crippen LogP) is 3.14. The number of halogens is 1. The smallest absolute Gasteiger partial charge is 0.243 e. The fourth-order valence-electron chi connectivity index (χ4n) is 3.42. The molecular formula is C21H22FN5O3S2. The summed E-state index contributed by atoms with van der Waals surface area (Å²) < 4.78 is 42.3. The van der Waals surface area contributed by atoms with E-state index < -0.39 is 15.8 Å². The monoisotopic (exact) mass is 475 g/mol. The molecule has 8 nitrogen and oxygen atoms in total. The van der Waals surface area contributed by atoms with Gasteiger partial charge in [-0.2, -0.15) is 4.31 Å². The van der Waals surface area contributed by atoms with Gasteiger partial charge in [-0.1, -0.05) is 23.9 Å². The van der Waals surface area contributed by atoms with Gasteiger partial charge in [0.15, 0.2) is 11.0 Å². The maximum Gasteiger partial charge on any atom is 0.243 e. The average molecular weight is 476 g/mol. The number of rotatable bonds is 7. The summed E-state index contributed by atoms with van der Waals surface area (Å²) in [6.45, 7) is 1.11. The molecule has 2 heterocycles. The number of hydrogen-bond donors (Lipinski definition) is 1. The van der Waals surface area contributed by atoms with Crippen molar-refractivity contribution in [3.8, 4) is 11.4 Å². The van der Waals surface area contributed by atoms with Gasteiger partial charge in [0.2, 0.25) is 15.9 Å². The zero-order valence-electron chi connectivity index (χ0n) is 17.4. The standard InChI is InChI=1S/C21H22FN5O3S2/c1-26-20(15-8-10-16(11-9-15)32(29,30)27-12-4-5-13-27)24-25-21(26)31-14-19(28)23-18-7-3-2-6-17(18)22/h2-3,6-11H,4-5,12-14H2,1H3,(H,23,28). The van der Waals surface area contributed by atoms with Gasteiger partial charge < -0.3 is 9.88 Å². The highest BCUT2D eigenvalue weighted by Crippen LogP contribution is 2.26. The van der Waals surface area contributed by atoms with Gasteiger partial charge in [0.05, 0.1) is 16.3 Å². The average Bonchev–Trinajstić information content (AvgIpc) is 3.45. The van der Waals surface area contributed by atoms with Crippen molar-refractivity contribution in [3.63, 3.8) is 0 Å². The topological polar surface area (TPSA) is 97.2 Å². The highest BCUT2D eigenvalue weighted by atomic mass is 32.2. The van der Waals surface area contributed by atoms with E-state index in [4.69, 9.17) is 0 Å². The van der Waals surface area contributed by atoms with Crippen LogP contribution in [-0.2, 0) is 21.9 Å². The van der Waals surface area contributed by atoms with Gasteiger partial charge in [0, 0.05) is 25.7 Å². The van der Waals surface area contributed by atoms with Crippen LogP contribution in [0.15, 0.2) is 58.6 Å². The molecule has 0 bridgehead atoms. The van der Waals surface area contributed by atoms with Crippen LogP contribution >= 0.6 is 11.8 Å². The minimum atomic E-state index is -3.47. The third kappa shape index (κ3) is 4.69. The Kier molecular flexibility index (Phi) is 6.58. The second-order valence-electron chi connectivity index (χ2n) is 7.32. The summed E-state index contributed by atoms with van der Waals surface area (Å²) in [5.41, 5.74) is 0.837. The normalized spacial score (nSPS) is 14.6. The number of nitrogens with one attached hydrogen (secondary N) is 1. The fourth-order valence-corrected chi connectivity index (χ4v) is 5.65. The van der Waals surface area contributed by atoms with Gasteiger partial charge in [-0.25, -0.2) is 12.8 Å². The molecule has 2 aromatic carbocycles. The summed E-state index contributed by atoms with van der Waals surface area (Å²) >= 11 is 1.17. The molecule has 0 aliphatic carbocycles. The molecule has 0 spiro atoms. The van der Waals surface area contributed by atoms with Crippen molar-refractivity contribution in [2.45, 2.75) is 22.9 Å². The number of sulfonamides is 1. The van der Waals surface area contributed by atoms with Gasteiger partial charge in [0.1, 0.15) is 5.82 Å². The lowest BCUT2D eigenvalue weighted by molar-refractivity contribution is -0.113. The van der Waals surface area contributed by atoms with Crippen LogP contribution in [0, 0.1) is 5.82 Å². The van der Waals surface area contributed by atoms with Crippen LogP contribution in [-0.4, -0.2) is 52.2 Å². The minimum absolute atomic E-state index is 0.0350. The maximum absolute atomic E-state index is 13.7. The summed E-state index contributed by atoms with van der Waals surface area (Å²) in [6, 6.07) is 12.5. The van der Waals surface area contributed by atoms with E-state index in [1.54, 1.807) is 48.0 Å². The number of carbonyl (C=O) groups excluding carboxylic acids is 1. The molecule has 168 valence electrons. The second-order valence-corrected chi connectivity index (χ2v) is 10.2. The third-order valence-electron chi connectivity index (χ3n) is 5.13. The van der Waals surface area contributed by atoms with Crippen molar-refractivity contribution < 1.29 is 17.6 Å². The third-order valence-corrected chi connectivity index (χ3v) is 8.06. The summed E-state index contributed by atoms with van der Waals surface area (Å²) in [6.07, 6.45) is 1.77. The van der Waals surface area contributed by atoms with Crippen LogP contribution in [0.2, 0.25) is 0 Å². The summed E-state index contributed by atoms with van der Waals surface area (Å²) in [4.78, 5) is 12.4. The van der Waals surface area contributed by atoms with Crippen molar-refractivity contribution in [1.29, 1.82) is 0 Å². The van der Waals surface area contributed by atoms with Crippen molar-refractivity contribution in [2.75, 3.05) is 24.2 Å². The predicted molar refractivity (Wildman–Crippen MR) is 120 cm³/mol. The molecule has 0 atom stereocenters. The zero-order valence-corrected chi connectivity index (χ0v) is 19.0. The molecule has 1 amide bonds. The van der Waals surface area contributed by atoms with Gasteiger partial charge in [-0.05, 0) is 49.2 Å². The van der Waals surface area contributed by atoms with Crippen LogP contribution in [0.3, 0.4) is 0 Å². The molecule has 32 heavy (non-hydrogen) atoms. The number of amides is 1. The quantitative estimate of drug-likeness (QED) is 0.528. The lowest BCUT2D eigenvalue weighted by atomic mass is 10.2. The number of benzene rings is 2. The van der Waals surface area contributed by atoms with E-state index in [0.717, 1.165) is 12.8 Å². The first-order chi connectivity index (χ1) is 15.4. The number of thioether (sulfide) groups is 1. The van der Waals surface area contributed by atoms with Crippen LogP contribution in [0.25, 0.3) is 11.4 Å². The number of para-hydroxylation sites is 1. The van der Waals surface area contributed by atoms with Gasteiger partial charge in [-0.3, -0.25) is 4.79 Å². The molecule has 1 aliphatic heterocycles. The molecule has 0 unspecified atom stereocenters. The lowest BCUT2D eigenvalue weighted by Crippen LogP contribution is -2.27. The molecule has 11 heteroatoms. The molecule has 1 aromatic heterocycles. The Morgan fingerprint density at radius 2 is 1.78 bits per heavy atom. The molecule has 0 saturated carbocycles. The molecule has 1 N–H and O–H groups in total. The first kappa shape index (κ1) is 22.4. The zero-order chi connectivity index (χ0) is 22.7. The molecular weight excluding hydrogens is 453 g/mol. The highest BCUT2D eigenvalue weighted by Gasteiger charge is 2.27. The van der Waals surface area contributed by atoms with Crippen molar-refractivity contribution in [3.05, 3.63) is 54.3 Å². The van der Waals surface area contributed by atoms with Crippen LogP contribution in [0.4, 0.5) is 10.1 Å². The Morgan fingerprint density at radius 1 is 1.09 bits per heavy atom. The fraction of sp³-hybridized carbons (Fsp3) is 0.286. The first-order valence-corrected chi connectivity index (χ1v) is 12.5. The van der Waals surface area contributed by atoms with Crippen molar-refractivity contribution >= 4 is 33.4 Å².